The van der Waals surface area contributed by atoms with Crippen LogP contribution >= 0.6 is 23.4 Å². The minimum atomic E-state index is -0.417. The Hall–Kier alpha value is 0.0700. The van der Waals surface area contributed by atoms with E-state index in [0.29, 0.717) is 12.4 Å². The molecule has 0 saturated carbocycles. The summed E-state index contributed by atoms with van der Waals surface area (Å²) >= 11 is 6.94. The van der Waals surface area contributed by atoms with Gasteiger partial charge in [-0.15, -0.1) is 11.6 Å². The van der Waals surface area contributed by atoms with E-state index in [-0.39, 0.29) is 12.2 Å². The second kappa shape index (κ2) is 4.85. The molecule has 1 aliphatic rings. The molecule has 0 aromatic carbocycles. The summed E-state index contributed by atoms with van der Waals surface area (Å²) in [5.74, 6) is 1.15. The number of hydrogen-bond donors (Lipinski definition) is 0. The lowest BCUT2D eigenvalue weighted by atomic mass is 10.7. The number of hydrogen-bond acceptors (Lipinski definition) is 4. The first-order chi connectivity index (χ1) is 5.33. The van der Waals surface area contributed by atoms with Crippen LogP contribution < -0.4 is 0 Å². The fourth-order valence-corrected chi connectivity index (χ4v) is 1.51. The maximum absolute atomic E-state index is 10.6. The highest BCUT2D eigenvalue weighted by molar-refractivity contribution is 7.99. The lowest BCUT2D eigenvalue weighted by Crippen LogP contribution is -2.28. The summed E-state index contributed by atoms with van der Waals surface area (Å²) in [7, 11) is 0. The van der Waals surface area contributed by atoms with Crippen LogP contribution in [0.3, 0.4) is 0 Å². The molecule has 5 heteroatoms. The minimum absolute atomic E-state index is 0.107. The third-order valence-electron chi connectivity index (χ3n) is 1.16. The molecule has 0 bridgehead atoms. The fourth-order valence-electron chi connectivity index (χ4n) is 0.712. The van der Waals surface area contributed by atoms with Gasteiger partial charge in [0.05, 0.1) is 12.4 Å². The molecule has 0 radical (unpaired) electrons. The highest BCUT2D eigenvalue weighted by Gasteiger charge is 2.17. The molecule has 1 saturated heterocycles. The van der Waals surface area contributed by atoms with Gasteiger partial charge in [-0.2, -0.15) is 11.8 Å². The molecular weight excluding hydrogens is 188 g/mol. The molecule has 1 aliphatic heterocycles. The third kappa shape index (κ3) is 3.31. The molecule has 0 amide bonds. The second-order valence-corrected chi connectivity index (χ2v) is 3.42. The van der Waals surface area contributed by atoms with Crippen LogP contribution in [0.25, 0.3) is 0 Å². The number of thioether (sulfide) groups is 1. The van der Waals surface area contributed by atoms with Crippen LogP contribution in [-0.4, -0.2) is 36.3 Å². The largest absolute Gasteiger partial charge is 0.434 e. The maximum Gasteiger partial charge on any atom is 0.323 e. The predicted molar refractivity (Wildman–Crippen MR) is 43.9 cm³/mol. The average Bonchev–Trinajstić information content (AvgIpc) is 2.06. The Balaban J connectivity index is 2.19. The summed E-state index contributed by atoms with van der Waals surface area (Å²) in [6, 6.07) is 0. The van der Waals surface area contributed by atoms with Gasteiger partial charge in [-0.05, 0) is 0 Å². The smallest absolute Gasteiger partial charge is 0.323 e. The zero-order valence-corrected chi connectivity index (χ0v) is 7.49. The first-order valence-corrected chi connectivity index (χ1v) is 4.96. The topological polar surface area (TPSA) is 35.5 Å². The Kier molecular flexibility index (Phi) is 4.04. The Morgan fingerprint density at radius 2 is 2.64 bits per heavy atom. The van der Waals surface area contributed by atoms with Crippen LogP contribution in [0.15, 0.2) is 0 Å². The van der Waals surface area contributed by atoms with Crippen molar-refractivity contribution in [3.05, 3.63) is 0 Å². The molecule has 0 unspecified atom stereocenters. The molecule has 1 atom stereocenters. The van der Waals surface area contributed by atoms with Gasteiger partial charge in [-0.25, -0.2) is 0 Å². The van der Waals surface area contributed by atoms with E-state index in [1.165, 1.54) is 0 Å². The average molecular weight is 197 g/mol. The van der Waals surface area contributed by atoms with Crippen molar-refractivity contribution in [3.8, 4) is 0 Å². The summed E-state index contributed by atoms with van der Waals surface area (Å²) in [5.41, 5.74) is 0. The monoisotopic (exact) mass is 196 g/mol. The van der Waals surface area contributed by atoms with E-state index in [9.17, 15) is 4.79 Å². The van der Waals surface area contributed by atoms with Gasteiger partial charge in [0.1, 0.15) is 5.88 Å². The molecule has 1 rings (SSSR count). The number of alkyl halides is 1. The Labute approximate surface area is 74.4 Å². The first kappa shape index (κ1) is 9.16. The second-order valence-electron chi connectivity index (χ2n) is 2.00. The van der Waals surface area contributed by atoms with Crippen LogP contribution in [0.2, 0.25) is 0 Å². The van der Waals surface area contributed by atoms with Crippen molar-refractivity contribution in [2.24, 2.45) is 0 Å². The maximum atomic E-state index is 10.6. The SMILES string of the molecule is O=C(CCl)O[C@@H]1CSCCO1. The van der Waals surface area contributed by atoms with E-state index in [1.807, 2.05) is 0 Å². The third-order valence-corrected chi connectivity index (χ3v) is 2.34. The van der Waals surface area contributed by atoms with Gasteiger partial charge >= 0.3 is 5.97 Å². The predicted octanol–water partition coefficient (Wildman–Crippen LogP) is 0.858. The molecule has 3 nitrogen and oxygen atoms in total. The number of esters is 1. The van der Waals surface area contributed by atoms with Gasteiger partial charge in [0.25, 0.3) is 0 Å². The van der Waals surface area contributed by atoms with Gasteiger partial charge in [0, 0.05) is 5.75 Å². The molecule has 0 aromatic heterocycles. The zero-order chi connectivity index (χ0) is 8.10. The van der Waals surface area contributed by atoms with Gasteiger partial charge in [0.2, 0.25) is 6.29 Å². The number of rotatable bonds is 2. The van der Waals surface area contributed by atoms with E-state index >= 15 is 0 Å². The van der Waals surface area contributed by atoms with Crippen molar-refractivity contribution in [1.29, 1.82) is 0 Å². The first-order valence-electron chi connectivity index (χ1n) is 3.27. The standard InChI is InChI=1S/C6H9ClO3S/c7-3-5(8)10-6-4-11-2-1-9-6/h6H,1-4H2/t6-/m1/s1. The zero-order valence-electron chi connectivity index (χ0n) is 5.92. The molecule has 0 spiro atoms. The van der Waals surface area contributed by atoms with Gasteiger partial charge in [-0.1, -0.05) is 0 Å². The van der Waals surface area contributed by atoms with Crippen LogP contribution in [0.1, 0.15) is 0 Å². The van der Waals surface area contributed by atoms with E-state index in [2.05, 4.69) is 0 Å². The number of carbonyl (C=O) groups excluding carboxylic acids is 1. The van der Waals surface area contributed by atoms with E-state index in [4.69, 9.17) is 21.1 Å². The molecule has 1 fully saturated rings. The lowest BCUT2D eigenvalue weighted by molar-refractivity contribution is -0.170. The normalized spacial score (nSPS) is 24.6. The Bertz CT molecular complexity index is 136. The summed E-state index contributed by atoms with van der Waals surface area (Å²) in [4.78, 5) is 10.6. The highest BCUT2D eigenvalue weighted by Crippen LogP contribution is 2.13. The van der Waals surface area contributed by atoms with Crippen LogP contribution in [0.5, 0.6) is 0 Å². The van der Waals surface area contributed by atoms with E-state index < -0.39 is 5.97 Å². The van der Waals surface area contributed by atoms with Crippen molar-refractivity contribution in [1.82, 2.24) is 0 Å². The van der Waals surface area contributed by atoms with E-state index in [0.717, 1.165) is 5.75 Å². The van der Waals surface area contributed by atoms with Gasteiger partial charge in [-0.3, -0.25) is 4.79 Å². The minimum Gasteiger partial charge on any atom is -0.434 e. The Morgan fingerprint density at radius 1 is 1.82 bits per heavy atom. The van der Waals surface area contributed by atoms with Crippen LogP contribution in [-0.2, 0) is 14.3 Å². The quantitative estimate of drug-likeness (QED) is 0.485. The summed E-state index contributed by atoms with van der Waals surface area (Å²) in [6.45, 7) is 0.644. The summed E-state index contributed by atoms with van der Waals surface area (Å²) in [6.07, 6.45) is -0.389. The molecule has 0 aliphatic carbocycles. The molecule has 0 N–H and O–H groups in total. The van der Waals surface area contributed by atoms with Gasteiger partial charge in [0.15, 0.2) is 0 Å². The number of halogens is 1. The van der Waals surface area contributed by atoms with Crippen molar-refractivity contribution >= 4 is 29.3 Å². The molecule has 11 heavy (non-hydrogen) atoms. The molecule has 64 valence electrons. The van der Waals surface area contributed by atoms with Crippen molar-refractivity contribution < 1.29 is 14.3 Å². The van der Waals surface area contributed by atoms with Gasteiger partial charge < -0.3 is 9.47 Å². The van der Waals surface area contributed by atoms with Crippen molar-refractivity contribution in [2.75, 3.05) is 24.0 Å². The van der Waals surface area contributed by atoms with E-state index in [1.54, 1.807) is 11.8 Å². The number of carbonyl (C=O) groups is 1. The summed E-state index contributed by atoms with van der Waals surface area (Å²) < 4.78 is 9.95. The van der Waals surface area contributed by atoms with Crippen molar-refractivity contribution in [3.63, 3.8) is 0 Å². The van der Waals surface area contributed by atoms with Crippen LogP contribution in [0.4, 0.5) is 0 Å². The van der Waals surface area contributed by atoms with Crippen molar-refractivity contribution in [2.45, 2.75) is 6.29 Å². The molecular formula is C6H9ClO3S. The fraction of sp³-hybridized carbons (Fsp3) is 0.833. The Morgan fingerprint density at radius 3 is 3.18 bits per heavy atom. The summed E-state index contributed by atoms with van der Waals surface area (Å²) in [5, 5.41) is 0. The highest BCUT2D eigenvalue weighted by atomic mass is 35.5. The van der Waals surface area contributed by atoms with Crippen LogP contribution in [0, 0.1) is 0 Å². The molecule has 0 aromatic rings. The lowest BCUT2D eigenvalue weighted by Gasteiger charge is -2.21. The number of ether oxygens (including phenoxy) is 2. The molecule has 1 heterocycles.